The third-order valence-electron chi connectivity index (χ3n) is 3.66. The van der Waals surface area contributed by atoms with Crippen molar-refractivity contribution >= 4 is 22.5 Å². The summed E-state index contributed by atoms with van der Waals surface area (Å²) in [7, 11) is 1.52. The third-order valence-corrected chi connectivity index (χ3v) is 3.66. The van der Waals surface area contributed by atoms with Crippen molar-refractivity contribution in [1.82, 2.24) is 4.98 Å². The van der Waals surface area contributed by atoms with Gasteiger partial charge in [0.25, 0.3) is 5.91 Å². The molecule has 0 radical (unpaired) electrons. The van der Waals surface area contributed by atoms with Gasteiger partial charge in [-0.05, 0) is 36.8 Å². The summed E-state index contributed by atoms with van der Waals surface area (Å²) in [5, 5.41) is 3.77. The van der Waals surface area contributed by atoms with Gasteiger partial charge in [-0.25, -0.2) is 0 Å². The number of aryl methyl sites for hydroxylation is 1. The Morgan fingerprint density at radius 3 is 2.70 bits per heavy atom. The Morgan fingerprint density at radius 1 is 1.13 bits per heavy atom. The molecule has 0 saturated carbocycles. The Bertz CT molecular complexity index is 944. The molecule has 0 saturated heterocycles. The first-order valence-corrected chi connectivity index (χ1v) is 7.16. The van der Waals surface area contributed by atoms with Crippen molar-refractivity contribution in [3.63, 3.8) is 0 Å². The second-order valence-corrected chi connectivity index (χ2v) is 5.23. The molecule has 0 aliphatic heterocycles. The number of hydrogen-bond acceptors (Lipinski definition) is 3. The van der Waals surface area contributed by atoms with Gasteiger partial charge < -0.3 is 15.0 Å². The Balaban J connectivity index is 1.95. The van der Waals surface area contributed by atoms with Gasteiger partial charge in [-0.1, -0.05) is 18.2 Å². The standard InChI is InChI=1S/C18H16N2O3/c1-11-9-17(21)20-15-10-12(7-8-13(11)15)19-18(22)14-5-3-4-6-16(14)23-2/h3-10H,1-2H3,(H,19,22)(H,20,21). The molecule has 0 aliphatic carbocycles. The number of aromatic amines is 1. The monoisotopic (exact) mass is 308 g/mol. The van der Waals surface area contributed by atoms with Crippen molar-refractivity contribution in [3.05, 3.63) is 70.0 Å². The van der Waals surface area contributed by atoms with Gasteiger partial charge in [-0.3, -0.25) is 9.59 Å². The number of rotatable bonds is 3. The third kappa shape index (κ3) is 2.94. The zero-order valence-corrected chi connectivity index (χ0v) is 12.8. The maximum absolute atomic E-state index is 12.4. The van der Waals surface area contributed by atoms with Crippen LogP contribution in [0.5, 0.6) is 5.75 Å². The zero-order chi connectivity index (χ0) is 16.4. The Hall–Kier alpha value is -3.08. The van der Waals surface area contributed by atoms with E-state index < -0.39 is 0 Å². The zero-order valence-electron chi connectivity index (χ0n) is 12.8. The van der Waals surface area contributed by atoms with Crippen LogP contribution in [-0.2, 0) is 0 Å². The van der Waals surface area contributed by atoms with E-state index in [9.17, 15) is 9.59 Å². The highest BCUT2D eigenvalue weighted by Crippen LogP contribution is 2.22. The number of fused-ring (bicyclic) bond motifs is 1. The molecule has 0 bridgehead atoms. The Morgan fingerprint density at radius 2 is 1.91 bits per heavy atom. The Kier molecular flexibility index (Phi) is 3.85. The van der Waals surface area contributed by atoms with E-state index in [2.05, 4.69) is 10.3 Å². The summed E-state index contributed by atoms with van der Waals surface area (Å²) in [5.41, 5.74) is 2.48. The summed E-state index contributed by atoms with van der Waals surface area (Å²) in [6.07, 6.45) is 0. The number of H-pyrrole nitrogens is 1. The number of ether oxygens (including phenoxy) is 1. The number of para-hydroxylation sites is 1. The van der Waals surface area contributed by atoms with Crippen molar-refractivity contribution in [2.75, 3.05) is 12.4 Å². The Labute approximate surface area is 132 Å². The van der Waals surface area contributed by atoms with Crippen LogP contribution in [0.2, 0.25) is 0 Å². The van der Waals surface area contributed by atoms with Crippen LogP contribution in [0.4, 0.5) is 5.69 Å². The van der Waals surface area contributed by atoms with E-state index in [0.717, 1.165) is 10.9 Å². The molecule has 1 heterocycles. The lowest BCUT2D eigenvalue weighted by molar-refractivity contribution is 0.102. The molecule has 0 fully saturated rings. The normalized spacial score (nSPS) is 10.5. The van der Waals surface area contributed by atoms with Crippen LogP contribution in [0.3, 0.4) is 0 Å². The minimum absolute atomic E-state index is 0.164. The van der Waals surface area contributed by atoms with Crippen LogP contribution in [0.15, 0.2) is 53.3 Å². The van der Waals surface area contributed by atoms with Crippen LogP contribution in [0.1, 0.15) is 15.9 Å². The molecule has 0 atom stereocenters. The van der Waals surface area contributed by atoms with E-state index in [-0.39, 0.29) is 11.5 Å². The second kappa shape index (κ2) is 5.96. The number of pyridine rings is 1. The fourth-order valence-corrected chi connectivity index (χ4v) is 2.54. The molecule has 2 aromatic carbocycles. The average molecular weight is 308 g/mol. The number of aromatic nitrogens is 1. The molecule has 0 unspecified atom stereocenters. The summed E-state index contributed by atoms with van der Waals surface area (Å²) < 4.78 is 5.20. The molecule has 3 rings (SSSR count). The maximum Gasteiger partial charge on any atom is 0.259 e. The van der Waals surface area contributed by atoms with E-state index in [1.807, 2.05) is 13.0 Å². The van der Waals surface area contributed by atoms with E-state index in [1.165, 1.54) is 7.11 Å². The summed E-state index contributed by atoms with van der Waals surface area (Å²) in [4.78, 5) is 26.8. The molecule has 1 amide bonds. The number of hydrogen-bond donors (Lipinski definition) is 2. The topological polar surface area (TPSA) is 71.2 Å². The van der Waals surface area contributed by atoms with Crippen molar-refractivity contribution in [2.24, 2.45) is 0 Å². The molecule has 5 heteroatoms. The van der Waals surface area contributed by atoms with E-state index >= 15 is 0 Å². The largest absolute Gasteiger partial charge is 0.496 e. The van der Waals surface area contributed by atoms with Gasteiger partial charge in [0.15, 0.2) is 0 Å². The predicted molar refractivity (Wildman–Crippen MR) is 90.3 cm³/mol. The maximum atomic E-state index is 12.4. The number of carbonyl (C=O) groups excluding carboxylic acids is 1. The lowest BCUT2D eigenvalue weighted by atomic mass is 10.1. The highest BCUT2D eigenvalue weighted by molar-refractivity contribution is 6.06. The molecule has 0 spiro atoms. The number of amides is 1. The SMILES string of the molecule is COc1ccccc1C(=O)Nc1ccc2c(C)cc(=O)[nH]c2c1. The van der Waals surface area contributed by atoms with Crippen LogP contribution in [0, 0.1) is 6.92 Å². The van der Waals surface area contributed by atoms with Crippen molar-refractivity contribution in [3.8, 4) is 5.75 Å². The summed E-state index contributed by atoms with van der Waals surface area (Å²) >= 11 is 0. The minimum Gasteiger partial charge on any atom is -0.496 e. The molecule has 116 valence electrons. The second-order valence-electron chi connectivity index (χ2n) is 5.23. The smallest absolute Gasteiger partial charge is 0.259 e. The number of nitrogens with one attached hydrogen (secondary N) is 2. The van der Waals surface area contributed by atoms with Crippen LogP contribution >= 0.6 is 0 Å². The summed E-state index contributed by atoms with van der Waals surface area (Å²) in [5.74, 6) is 0.242. The lowest BCUT2D eigenvalue weighted by Crippen LogP contribution is -2.13. The van der Waals surface area contributed by atoms with Gasteiger partial charge in [0.2, 0.25) is 5.56 Å². The molecular formula is C18H16N2O3. The summed E-state index contributed by atoms with van der Waals surface area (Å²) in [6.45, 7) is 1.88. The van der Waals surface area contributed by atoms with Crippen LogP contribution in [-0.4, -0.2) is 18.0 Å². The molecule has 1 aromatic heterocycles. The molecule has 2 N–H and O–H groups in total. The number of benzene rings is 2. The number of methoxy groups -OCH3 is 1. The van der Waals surface area contributed by atoms with Gasteiger partial charge in [0, 0.05) is 17.1 Å². The minimum atomic E-state index is -0.267. The van der Waals surface area contributed by atoms with Crippen molar-refractivity contribution in [1.29, 1.82) is 0 Å². The molecule has 3 aromatic rings. The van der Waals surface area contributed by atoms with E-state index in [0.29, 0.717) is 22.5 Å². The van der Waals surface area contributed by atoms with Gasteiger partial charge in [-0.2, -0.15) is 0 Å². The first-order valence-electron chi connectivity index (χ1n) is 7.16. The molecule has 5 nitrogen and oxygen atoms in total. The first kappa shape index (κ1) is 14.8. The highest BCUT2D eigenvalue weighted by atomic mass is 16.5. The van der Waals surface area contributed by atoms with Gasteiger partial charge >= 0.3 is 0 Å². The first-order chi connectivity index (χ1) is 11.1. The molecular weight excluding hydrogens is 292 g/mol. The van der Waals surface area contributed by atoms with Gasteiger partial charge in [-0.15, -0.1) is 0 Å². The van der Waals surface area contributed by atoms with E-state index in [1.54, 1.807) is 42.5 Å². The quantitative estimate of drug-likeness (QED) is 0.781. The fraction of sp³-hybridized carbons (Fsp3) is 0.111. The predicted octanol–water partition coefficient (Wildman–Crippen LogP) is 3.10. The van der Waals surface area contributed by atoms with Gasteiger partial charge in [0.05, 0.1) is 18.2 Å². The molecule has 0 aliphatic rings. The van der Waals surface area contributed by atoms with Crippen molar-refractivity contribution < 1.29 is 9.53 Å². The average Bonchev–Trinajstić information content (AvgIpc) is 2.54. The summed E-state index contributed by atoms with van der Waals surface area (Å²) in [6, 6.07) is 14.0. The number of anilines is 1. The van der Waals surface area contributed by atoms with Gasteiger partial charge in [0.1, 0.15) is 5.75 Å². The van der Waals surface area contributed by atoms with Crippen LogP contribution < -0.4 is 15.6 Å². The van der Waals surface area contributed by atoms with Crippen LogP contribution in [0.25, 0.3) is 10.9 Å². The van der Waals surface area contributed by atoms with Crippen molar-refractivity contribution in [2.45, 2.75) is 6.92 Å². The molecule has 23 heavy (non-hydrogen) atoms. The number of carbonyl (C=O) groups is 1. The fourth-order valence-electron chi connectivity index (χ4n) is 2.54. The lowest BCUT2D eigenvalue weighted by Gasteiger charge is -2.10. The van der Waals surface area contributed by atoms with E-state index in [4.69, 9.17) is 4.74 Å². The highest BCUT2D eigenvalue weighted by Gasteiger charge is 2.12.